The lowest BCUT2D eigenvalue weighted by atomic mass is 9.93. The van der Waals surface area contributed by atoms with Gasteiger partial charge < -0.3 is 4.57 Å². The molecule has 0 aliphatic carbocycles. The summed E-state index contributed by atoms with van der Waals surface area (Å²) in [6, 6.07) is 5.85. The van der Waals surface area contributed by atoms with Crippen LogP contribution < -0.4 is 5.46 Å². The number of rotatable bonds is 1. The second-order valence-corrected chi connectivity index (χ2v) is 3.76. The van der Waals surface area contributed by atoms with Crippen molar-refractivity contribution in [3.8, 4) is 6.07 Å². The van der Waals surface area contributed by atoms with E-state index in [-0.39, 0.29) is 0 Å². The number of pyridine rings is 1. The van der Waals surface area contributed by atoms with E-state index in [4.69, 9.17) is 13.1 Å². The van der Waals surface area contributed by atoms with Crippen LogP contribution in [0.2, 0.25) is 0 Å². The Morgan fingerprint density at radius 2 is 2.27 bits per heavy atom. The molecule has 0 atom stereocenters. The fourth-order valence-electron chi connectivity index (χ4n) is 1.63. The molecule has 4 heteroatoms. The van der Waals surface area contributed by atoms with Gasteiger partial charge in [-0.05, 0) is 26.0 Å². The number of aromatic nitrogens is 2. The van der Waals surface area contributed by atoms with Crippen LogP contribution in [0.15, 0.2) is 18.3 Å². The van der Waals surface area contributed by atoms with Crippen LogP contribution in [-0.2, 0) is 0 Å². The summed E-state index contributed by atoms with van der Waals surface area (Å²) >= 11 is 0. The minimum absolute atomic E-state index is 0.309. The van der Waals surface area contributed by atoms with Gasteiger partial charge in [0.25, 0.3) is 0 Å². The summed E-state index contributed by atoms with van der Waals surface area (Å²) in [6.07, 6.45) is 1.94. The molecular formula is C11H10BN3. The van der Waals surface area contributed by atoms with Crippen LogP contribution in [0.3, 0.4) is 0 Å². The molecule has 0 aliphatic heterocycles. The molecule has 3 nitrogen and oxygen atoms in total. The van der Waals surface area contributed by atoms with Gasteiger partial charge in [0.1, 0.15) is 25.3 Å². The Balaban J connectivity index is 2.80. The Morgan fingerprint density at radius 1 is 1.53 bits per heavy atom. The van der Waals surface area contributed by atoms with Gasteiger partial charge in [0, 0.05) is 17.6 Å². The van der Waals surface area contributed by atoms with Crippen LogP contribution in [0, 0.1) is 11.3 Å². The van der Waals surface area contributed by atoms with E-state index in [0.29, 0.717) is 17.2 Å². The zero-order valence-corrected chi connectivity index (χ0v) is 8.73. The van der Waals surface area contributed by atoms with Gasteiger partial charge in [0.15, 0.2) is 0 Å². The molecule has 0 aliphatic rings. The van der Waals surface area contributed by atoms with E-state index in [9.17, 15) is 0 Å². The molecule has 0 spiro atoms. The van der Waals surface area contributed by atoms with E-state index in [0.717, 1.165) is 11.0 Å². The van der Waals surface area contributed by atoms with E-state index in [2.05, 4.69) is 18.8 Å². The summed E-state index contributed by atoms with van der Waals surface area (Å²) < 4.78 is 2.01. The topological polar surface area (TPSA) is 41.6 Å². The summed E-state index contributed by atoms with van der Waals surface area (Å²) in [4.78, 5) is 4.26. The number of hydrogen-bond donors (Lipinski definition) is 0. The van der Waals surface area contributed by atoms with Crippen molar-refractivity contribution in [3.05, 3.63) is 24.0 Å². The molecule has 0 N–H and O–H groups in total. The normalized spacial score (nSPS) is 10.8. The van der Waals surface area contributed by atoms with Crippen molar-refractivity contribution in [2.75, 3.05) is 0 Å². The second kappa shape index (κ2) is 3.43. The highest BCUT2D eigenvalue weighted by Gasteiger charge is 2.08. The second-order valence-electron chi connectivity index (χ2n) is 3.76. The highest BCUT2D eigenvalue weighted by atomic mass is 15.0. The maximum Gasteiger partial charge on any atom is 0.142 e. The Labute approximate surface area is 89.8 Å². The molecule has 0 amide bonds. The van der Waals surface area contributed by atoms with Gasteiger partial charge in [-0.2, -0.15) is 5.26 Å². The monoisotopic (exact) mass is 195 g/mol. The lowest BCUT2D eigenvalue weighted by Gasteiger charge is -2.08. The standard InChI is InChI=1S/C11H10BN3/c1-7(2)15-4-3-9-10(12)5-8(6-13)14-11(9)15/h3-5,7H,1-2H3. The molecule has 15 heavy (non-hydrogen) atoms. The van der Waals surface area contributed by atoms with Crippen LogP contribution in [0.5, 0.6) is 0 Å². The van der Waals surface area contributed by atoms with E-state index < -0.39 is 0 Å². The summed E-state index contributed by atoms with van der Waals surface area (Å²) in [5, 5.41) is 9.72. The Morgan fingerprint density at radius 3 is 2.87 bits per heavy atom. The molecule has 0 unspecified atom stereocenters. The molecule has 2 heterocycles. The lowest BCUT2D eigenvalue weighted by molar-refractivity contribution is 0.618. The molecule has 0 saturated carbocycles. The van der Waals surface area contributed by atoms with Gasteiger partial charge in [0.2, 0.25) is 0 Å². The van der Waals surface area contributed by atoms with Crippen LogP contribution in [0.4, 0.5) is 0 Å². The molecule has 0 saturated heterocycles. The predicted molar refractivity (Wildman–Crippen MR) is 60.2 cm³/mol. The van der Waals surface area contributed by atoms with E-state index in [1.165, 1.54) is 0 Å². The molecule has 2 radical (unpaired) electrons. The first kappa shape index (κ1) is 9.79. The Hall–Kier alpha value is -1.76. The van der Waals surface area contributed by atoms with Crippen LogP contribution in [0.1, 0.15) is 25.6 Å². The SMILES string of the molecule is [B]c1cc(C#N)nc2c1ccn2C(C)C. The molecule has 72 valence electrons. The van der Waals surface area contributed by atoms with Gasteiger partial charge in [-0.25, -0.2) is 4.98 Å². The van der Waals surface area contributed by atoms with Gasteiger partial charge in [-0.3, -0.25) is 0 Å². The summed E-state index contributed by atoms with van der Waals surface area (Å²) in [5.74, 6) is 0. The maximum atomic E-state index is 8.81. The molecule has 0 bridgehead atoms. The van der Waals surface area contributed by atoms with Crippen molar-refractivity contribution in [1.82, 2.24) is 9.55 Å². The fraction of sp³-hybridized carbons (Fsp3) is 0.273. The first-order chi connectivity index (χ1) is 7.13. The van der Waals surface area contributed by atoms with Gasteiger partial charge >= 0.3 is 0 Å². The van der Waals surface area contributed by atoms with Crippen molar-refractivity contribution >= 4 is 24.3 Å². The Bertz CT molecular complexity index is 549. The summed E-state index contributed by atoms with van der Waals surface area (Å²) in [5.41, 5.74) is 1.75. The van der Waals surface area contributed by atoms with E-state index >= 15 is 0 Å². The van der Waals surface area contributed by atoms with E-state index in [1.807, 2.05) is 22.9 Å². The maximum absolute atomic E-state index is 8.81. The average Bonchev–Trinajstić information content (AvgIpc) is 2.61. The van der Waals surface area contributed by atoms with E-state index in [1.54, 1.807) is 6.07 Å². The lowest BCUT2D eigenvalue weighted by Crippen LogP contribution is -2.08. The van der Waals surface area contributed by atoms with Crippen LogP contribution >= 0.6 is 0 Å². The van der Waals surface area contributed by atoms with Crippen molar-refractivity contribution in [1.29, 1.82) is 5.26 Å². The van der Waals surface area contributed by atoms with Crippen molar-refractivity contribution in [2.24, 2.45) is 0 Å². The average molecular weight is 195 g/mol. The largest absolute Gasteiger partial charge is 0.330 e. The summed E-state index contributed by atoms with van der Waals surface area (Å²) in [7, 11) is 5.84. The number of fused-ring (bicyclic) bond motifs is 1. The molecular weight excluding hydrogens is 185 g/mol. The third kappa shape index (κ3) is 1.50. The van der Waals surface area contributed by atoms with Crippen molar-refractivity contribution < 1.29 is 0 Å². The fourth-order valence-corrected chi connectivity index (χ4v) is 1.63. The van der Waals surface area contributed by atoms with Gasteiger partial charge in [0.05, 0.1) is 0 Å². The molecule has 2 aromatic heterocycles. The Kier molecular flexibility index (Phi) is 2.24. The minimum atomic E-state index is 0.309. The van der Waals surface area contributed by atoms with Gasteiger partial charge in [-0.1, -0.05) is 5.46 Å². The molecule has 2 aromatic rings. The number of nitriles is 1. The highest BCUT2D eigenvalue weighted by molar-refractivity contribution is 6.38. The molecule has 0 aromatic carbocycles. The highest BCUT2D eigenvalue weighted by Crippen LogP contribution is 2.16. The minimum Gasteiger partial charge on any atom is -0.330 e. The quantitative estimate of drug-likeness (QED) is 0.643. The first-order valence-electron chi connectivity index (χ1n) is 4.80. The zero-order chi connectivity index (χ0) is 11.0. The smallest absolute Gasteiger partial charge is 0.142 e. The predicted octanol–water partition coefficient (Wildman–Crippen LogP) is 1.28. The number of hydrogen-bond acceptors (Lipinski definition) is 2. The van der Waals surface area contributed by atoms with Crippen LogP contribution in [-0.4, -0.2) is 17.4 Å². The molecule has 0 fully saturated rings. The third-order valence-electron chi connectivity index (χ3n) is 2.39. The first-order valence-corrected chi connectivity index (χ1v) is 4.80. The number of nitrogens with zero attached hydrogens (tertiary/aromatic N) is 3. The van der Waals surface area contributed by atoms with Crippen molar-refractivity contribution in [2.45, 2.75) is 19.9 Å². The third-order valence-corrected chi connectivity index (χ3v) is 2.39. The van der Waals surface area contributed by atoms with Gasteiger partial charge in [-0.15, -0.1) is 0 Å². The van der Waals surface area contributed by atoms with Crippen molar-refractivity contribution in [3.63, 3.8) is 0 Å². The van der Waals surface area contributed by atoms with Crippen LogP contribution in [0.25, 0.3) is 11.0 Å². The zero-order valence-electron chi connectivity index (χ0n) is 8.73. The summed E-state index contributed by atoms with van der Waals surface area (Å²) in [6.45, 7) is 4.13. The molecule has 2 rings (SSSR count).